The lowest BCUT2D eigenvalue weighted by atomic mass is 9.95. The number of ether oxygens (including phenoxy) is 1. The monoisotopic (exact) mass is 304 g/mol. The minimum absolute atomic E-state index is 0.217. The Morgan fingerprint density at radius 3 is 2.50 bits per heavy atom. The molecule has 1 heterocycles. The molecule has 1 aromatic rings. The van der Waals surface area contributed by atoms with Crippen molar-refractivity contribution in [1.29, 1.82) is 0 Å². The topological polar surface area (TPSA) is 95.9 Å². The molecule has 0 saturated carbocycles. The van der Waals surface area contributed by atoms with E-state index < -0.39 is 30.6 Å². The molecule has 0 aromatic heterocycles. The van der Waals surface area contributed by atoms with Gasteiger partial charge in [0.15, 0.2) is 0 Å². The Labute approximate surface area is 127 Å². The summed E-state index contributed by atoms with van der Waals surface area (Å²) in [6.07, 6.45) is 0. The van der Waals surface area contributed by atoms with E-state index in [1.165, 1.54) is 14.0 Å². The number of aliphatic carboxylic acids is 1. The Bertz CT molecular complexity index is 639. The van der Waals surface area contributed by atoms with Crippen LogP contribution in [-0.2, 0) is 14.3 Å². The van der Waals surface area contributed by atoms with Gasteiger partial charge in [0.05, 0.1) is 18.7 Å². The second-order valence-electron chi connectivity index (χ2n) is 4.76. The number of methoxy groups -OCH3 is 1. The van der Waals surface area contributed by atoms with E-state index in [1.54, 1.807) is 24.3 Å². The number of benzene rings is 1. The highest BCUT2D eigenvalue weighted by molar-refractivity contribution is 5.95. The molecule has 1 unspecified atom stereocenters. The molecule has 0 saturated heterocycles. The van der Waals surface area contributed by atoms with Crippen molar-refractivity contribution in [2.24, 2.45) is 0 Å². The fourth-order valence-electron chi connectivity index (χ4n) is 2.38. The highest BCUT2D eigenvalue weighted by Gasteiger charge is 2.36. The van der Waals surface area contributed by atoms with Gasteiger partial charge in [-0.1, -0.05) is 30.3 Å². The van der Waals surface area contributed by atoms with Gasteiger partial charge >= 0.3 is 18.0 Å². The van der Waals surface area contributed by atoms with E-state index in [4.69, 9.17) is 9.84 Å². The van der Waals surface area contributed by atoms with Crippen LogP contribution < -0.4 is 5.32 Å². The fraction of sp³-hybridized carbons (Fsp3) is 0.267. The molecule has 0 aliphatic carbocycles. The number of rotatable bonds is 4. The number of carbonyl (C=O) groups is 3. The minimum Gasteiger partial charge on any atom is -0.480 e. The number of carbonyl (C=O) groups excluding carboxylic acids is 2. The van der Waals surface area contributed by atoms with E-state index in [0.29, 0.717) is 5.56 Å². The molecule has 1 aliphatic rings. The summed E-state index contributed by atoms with van der Waals surface area (Å²) >= 11 is 0. The first-order valence-corrected chi connectivity index (χ1v) is 6.59. The number of nitrogens with zero attached hydrogens (tertiary/aromatic N) is 1. The maximum Gasteiger partial charge on any atom is 0.337 e. The van der Waals surface area contributed by atoms with E-state index in [-0.39, 0.29) is 11.3 Å². The largest absolute Gasteiger partial charge is 0.480 e. The van der Waals surface area contributed by atoms with Crippen LogP contribution in [0.3, 0.4) is 0 Å². The Balaban J connectivity index is 2.51. The van der Waals surface area contributed by atoms with Crippen LogP contribution >= 0.6 is 0 Å². The number of urea groups is 1. The molecule has 2 N–H and O–H groups in total. The molecule has 116 valence electrons. The molecule has 2 amide bonds. The first-order valence-electron chi connectivity index (χ1n) is 6.59. The predicted molar refractivity (Wildman–Crippen MR) is 76.8 cm³/mol. The van der Waals surface area contributed by atoms with Crippen LogP contribution in [-0.4, -0.2) is 41.6 Å². The van der Waals surface area contributed by atoms with Gasteiger partial charge < -0.3 is 15.2 Å². The van der Waals surface area contributed by atoms with Crippen molar-refractivity contribution < 1.29 is 24.2 Å². The Hall–Kier alpha value is -2.83. The molecule has 7 heteroatoms. The van der Waals surface area contributed by atoms with Crippen LogP contribution in [0.2, 0.25) is 0 Å². The van der Waals surface area contributed by atoms with Crippen molar-refractivity contribution in [3.8, 4) is 0 Å². The van der Waals surface area contributed by atoms with Gasteiger partial charge in [0.25, 0.3) is 0 Å². The number of hydrogen-bond acceptors (Lipinski definition) is 4. The Morgan fingerprint density at radius 2 is 1.95 bits per heavy atom. The van der Waals surface area contributed by atoms with Crippen molar-refractivity contribution in [2.45, 2.75) is 13.0 Å². The highest BCUT2D eigenvalue weighted by atomic mass is 16.5. The zero-order valence-corrected chi connectivity index (χ0v) is 12.2. The second kappa shape index (κ2) is 6.30. The van der Waals surface area contributed by atoms with E-state index >= 15 is 0 Å². The molecule has 0 spiro atoms. The molecule has 7 nitrogen and oxygen atoms in total. The third kappa shape index (κ3) is 2.93. The lowest BCUT2D eigenvalue weighted by Crippen LogP contribution is -2.49. The smallest absolute Gasteiger partial charge is 0.337 e. The number of carboxylic acids is 1. The number of carboxylic acid groups (broad SMARTS) is 1. The molecule has 2 rings (SSSR count). The van der Waals surface area contributed by atoms with Crippen molar-refractivity contribution in [2.75, 3.05) is 13.7 Å². The molecule has 1 aromatic carbocycles. The van der Waals surface area contributed by atoms with Crippen LogP contribution in [0.5, 0.6) is 0 Å². The van der Waals surface area contributed by atoms with Gasteiger partial charge in [-0.25, -0.2) is 9.59 Å². The van der Waals surface area contributed by atoms with Crippen LogP contribution in [0.4, 0.5) is 4.79 Å². The van der Waals surface area contributed by atoms with Crippen LogP contribution in [0.25, 0.3) is 0 Å². The van der Waals surface area contributed by atoms with Gasteiger partial charge in [0.1, 0.15) is 6.54 Å². The first-order chi connectivity index (χ1) is 10.5. The van der Waals surface area contributed by atoms with E-state index in [2.05, 4.69) is 5.32 Å². The summed E-state index contributed by atoms with van der Waals surface area (Å²) in [7, 11) is 1.24. The Kier molecular flexibility index (Phi) is 4.45. The zero-order chi connectivity index (χ0) is 16.3. The average Bonchev–Trinajstić information content (AvgIpc) is 2.51. The van der Waals surface area contributed by atoms with Crippen LogP contribution in [0, 0.1) is 0 Å². The molecule has 0 fully saturated rings. The van der Waals surface area contributed by atoms with Crippen molar-refractivity contribution in [1.82, 2.24) is 10.2 Å². The van der Waals surface area contributed by atoms with Gasteiger partial charge in [0.2, 0.25) is 0 Å². The number of esters is 1. The summed E-state index contributed by atoms with van der Waals surface area (Å²) in [5.41, 5.74) is 1.20. The van der Waals surface area contributed by atoms with E-state index in [0.717, 1.165) is 4.90 Å². The van der Waals surface area contributed by atoms with Crippen molar-refractivity contribution >= 4 is 18.0 Å². The Morgan fingerprint density at radius 1 is 1.32 bits per heavy atom. The molecule has 0 bridgehead atoms. The molecular weight excluding hydrogens is 288 g/mol. The summed E-state index contributed by atoms with van der Waals surface area (Å²) in [6.45, 7) is 1.00. The van der Waals surface area contributed by atoms with E-state index in [1.807, 2.05) is 6.07 Å². The van der Waals surface area contributed by atoms with Gasteiger partial charge in [-0.05, 0) is 12.5 Å². The summed E-state index contributed by atoms with van der Waals surface area (Å²) < 4.78 is 4.78. The molecule has 1 aliphatic heterocycles. The number of hydrogen-bond donors (Lipinski definition) is 2. The first kappa shape index (κ1) is 15.6. The number of allylic oxidation sites excluding steroid dienone is 1. The van der Waals surface area contributed by atoms with E-state index in [9.17, 15) is 14.4 Å². The maximum atomic E-state index is 12.1. The summed E-state index contributed by atoms with van der Waals surface area (Å²) in [5.74, 6) is -1.78. The van der Waals surface area contributed by atoms with Gasteiger partial charge in [-0.3, -0.25) is 9.69 Å². The van der Waals surface area contributed by atoms with Gasteiger partial charge in [0, 0.05) is 5.70 Å². The summed E-state index contributed by atoms with van der Waals surface area (Å²) in [5, 5.41) is 11.6. The maximum absolute atomic E-state index is 12.1. The van der Waals surface area contributed by atoms with Crippen LogP contribution in [0.15, 0.2) is 41.6 Å². The van der Waals surface area contributed by atoms with Crippen molar-refractivity contribution in [3.63, 3.8) is 0 Å². The molecule has 1 atom stereocenters. The standard InChI is InChI=1S/C15H16N2O5/c1-9-12(14(20)22-2)13(10-6-4-3-5-7-10)16-15(21)17(9)8-11(18)19/h3-7,13H,8H2,1-2H3,(H,16,21)(H,18,19). The fourth-order valence-corrected chi connectivity index (χ4v) is 2.38. The third-order valence-corrected chi connectivity index (χ3v) is 3.43. The van der Waals surface area contributed by atoms with Gasteiger partial charge in [-0.15, -0.1) is 0 Å². The SMILES string of the molecule is COC(=O)C1=C(C)N(CC(=O)O)C(=O)NC1c1ccccc1. The summed E-state index contributed by atoms with van der Waals surface area (Å²) in [6, 6.07) is 7.69. The number of amides is 2. The lowest BCUT2D eigenvalue weighted by molar-refractivity contribution is -0.139. The molecular formula is C15H16N2O5. The minimum atomic E-state index is -1.17. The lowest BCUT2D eigenvalue weighted by Gasteiger charge is -2.34. The average molecular weight is 304 g/mol. The highest BCUT2D eigenvalue weighted by Crippen LogP contribution is 2.30. The zero-order valence-electron chi connectivity index (χ0n) is 12.2. The molecule has 22 heavy (non-hydrogen) atoms. The number of nitrogens with one attached hydrogen (secondary N) is 1. The molecule has 0 radical (unpaired) electrons. The quantitative estimate of drug-likeness (QED) is 0.817. The van der Waals surface area contributed by atoms with Gasteiger partial charge in [-0.2, -0.15) is 0 Å². The summed E-state index contributed by atoms with van der Waals surface area (Å²) in [4.78, 5) is 36.1. The van der Waals surface area contributed by atoms with Crippen LogP contribution in [0.1, 0.15) is 18.5 Å². The predicted octanol–water partition coefficient (Wildman–Crippen LogP) is 1.28. The second-order valence-corrected chi connectivity index (χ2v) is 4.76. The van der Waals surface area contributed by atoms with Crippen molar-refractivity contribution in [3.05, 3.63) is 47.2 Å². The normalized spacial score (nSPS) is 18.0. The third-order valence-electron chi connectivity index (χ3n) is 3.43.